The maximum absolute atomic E-state index is 13.2. The van der Waals surface area contributed by atoms with E-state index in [9.17, 15) is 14.3 Å². The summed E-state index contributed by atoms with van der Waals surface area (Å²) in [4.78, 5) is 16.7. The van der Waals surface area contributed by atoms with Crippen LogP contribution in [0, 0.1) is 0 Å². The molecule has 1 aliphatic heterocycles. The normalized spacial score (nSPS) is 25.5. The Kier molecular flexibility index (Phi) is 3.71. The Labute approximate surface area is 98.6 Å². The molecular weight excluding hydrogens is 225 g/mol. The van der Waals surface area contributed by atoms with Crippen molar-refractivity contribution in [1.82, 2.24) is 5.06 Å². The van der Waals surface area contributed by atoms with Crippen LogP contribution in [0.15, 0.2) is 30.3 Å². The molecule has 0 aromatic heterocycles. The third kappa shape index (κ3) is 3.01. The lowest BCUT2D eigenvalue weighted by molar-refractivity contribution is -0.153. The molecule has 2 rings (SSSR count). The van der Waals surface area contributed by atoms with Crippen molar-refractivity contribution in [1.29, 1.82) is 0 Å². The molecule has 0 unspecified atom stereocenters. The third-order valence-electron chi connectivity index (χ3n) is 2.69. The number of aliphatic hydroxyl groups excluding tert-OH is 1. The van der Waals surface area contributed by atoms with Gasteiger partial charge in [0.2, 0.25) is 0 Å². The van der Waals surface area contributed by atoms with Crippen molar-refractivity contribution in [2.45, 2.75) is 18.7 Å². The minimum atomic E-state index is -1.37. The van der Waals surface area contributed by atoms with E-state index in [-0.39, 0.29) is 13.0 Å². The standard InChI is InChI=1S/C12H14FNO3/c13-10-8-14(7-6-11(10)15)17-12(16)9-4-2-1-3-5-9/h1-5,10-11,15H,6-8H2/t10-,11+/m1/s1. The molecular formula is C12H14FNO3. The van der Waals surface area contributed by atoms with Crippen molar-refractivity contribution in [3.8, 4) is 0 Å². The predicted molar refractivity (Wildman–Crippen MR) is 59.0 cm³/mol. The van der Waals surface area contributed by atoms with Crippen LogP contribution in [0.1, 0.15) is 16.8 Å². The van der Waals surface area contributed by atoms with Crippen molar-refractivity contribution in [3.05, 3.63) is 35.9 Å². The van der Waals surface area contributed by atoms with Gasteiger partial charge >= 0.3 is 5.97 Å². The van der Waals surface area contributed by atoms with Gasteiger partial charge in [0.25, 0.3) is 0 Å². The number of hydroxylamine groups is 2. The van der Waals surface area contributed by atoms with Gasteiger partial charge in [0.15, 0.2) is 0 Å². The molecule has 1 aromatic rings. The lowest BCUT2D eigenvalue weighted by Gasteiger charge is -2.30. The van der Waals surface area contributed by atoms with Gasteiger partial charge in [-0.25, -0.2) is 9.18 Å². The van der Waals surface area contributed by atoms with E-state index in [1.807, 2.05) is 0 Å². The van der Waals surface area contributed by atoms with Gasteiger partial charge in [0.1, 0.15) is 6.17 Å². The number of carbonyl (C=O) groups excluding carboxylic acids is 1. The zero-order valence-electron chi connectivity index (χ0n) is 9.25. The van der Waals surface area contributed by atoms with Crippen LogP contribution in [0.5, 0.6) is 0 Å². The van der Waals surface area contributed by atoms with Gasteiger partial charge in [-0.05, 0) is 18.6 Å². The molecule has 0 radical (unpaired) electrons. The van der Waals surface area contributed by atoms with Crippen LogP contribution in [0.2, 0.25) is 0 Å². The second-order valence-corrected chi connectivity index (χ2v) is 4.00. The molecule has 1 fully saturated rings. The first-order valence-electron chi connectivity index (χ1n) is 5.51. The first-order valence-corrected chi connectivity index (χ1v) is 5.51. The van der Waals surface area contributed by atoms with Crippen molar-refractivity contribution in [2.24, 2.45) is 0 Å². The minimum Gasteiger partial charge on any atom is -0.390 e. The Bertz CT molecular complexity index is 385. The number of benzene rings is 1. The van der Waals surface area contributed by atoms with Crippen molar-refractivity contribution in [2.75, 3.05) is 13.1 Å². The first-order chi connectivity index (χ1) is 8.16. The van der Waals surface area contributed by atoms with Crippen LogP contribution < -0.4 is 0 Å². The van der Waals surface area contributed by atoms with Gasteiger partial charge in [-0.1, -0.05) is 18.2 Å². The fourth-order valence-electron chi connectivity index (χ4n) is 1.69. The summed E-state index contributed by atoms with van der Waals surface area (Å²) >= 11 is 0. The Morgan fingerprint density at radius 3 is 2.76 bits per heavy atom. The Hall–Kier alpha value is -1.46. The van der Waals surface area contributed by atoms with E-state index < -0.39 is 18.2 Å². The van der Waals surface area contributed by atoms with Gasteiger partial charge in [-0.3, -0.25) is 0 Å². The number of aliphatic hydroxyl groups is 1. The van der Waals surface area contributed by atoms with Gasteiger partial charge in [-0.15, -0.1) is 5.06 Å². The summed E-state index contributed by atoms with van der Waals surface area (Å²) in [5.74, 6) is -0.505. The zero-order valence-corrected chi connectivity index (χ0v) is 9.25. The monoisotopic (exact) mass is 239 g/mol. The van der Waals surface area contributed by atoms with E-state index in [1.165, 1.54) is 5.06 Å². The van der Waals surface area contributed by atoms with E-state index in [4.69, 9.17) is 4.84 Å². The highest BCUT2D eigenvalue weighted by atomic mass is 19.1. The van der Waals surface area contributed by atoms with Crippen molar-refractivity contribution >= 4 is 5.97 Å². The molecule has 5 heteroatoms. The molecule has 1 saturated heterocycles. The maximum Gasteiger partial charge on any atom is 0.357 e. The summed E-state index contributed by atoms with van der Waals surface area (Å²) in [6.45, 7) is 0.264. The summed E-state index contributed by atoms with van der Waals surface area (Å²) in [6.07, 6.45) is -2.06. The summed E-state index contributed by atoms with van der Waals surface area (Å²) in [7, 11) is 0. The quantitative estimate of drug-likeness (QED) is 0.841. The number of nitrogens with zero attached hydrogens (tertiary/aromatic N) is 1. The molecule has 1 aromatic carbocycles. The van der Waals surface area contributed by atoms with Gasteiger partial charge < -0.3 is 9.94 Å². The van der Waals surface area contributed by atoms with E-state index in [0.717, 1.165) is 0 Å². The number of piperidine rings is 1. The van der Waals surface area contributed by atoms with Crippen LogP contribution >= 0.6 is 0 Å². The lowest BCUT2D eigenvalue weighted by atomic mass is 10.1. The Balaban J connectivity index is 1.92. The molecule has 0 saturated carbocycles. The van der Waals surface area contributed by atoms with Crippen molar-refractivity contribution in [3.63, 3.8) is 0 Å². The highest BCUT2D eigenvalue weighted by Gasteiger charge is 2.29. The highest BCUT2D eigenvalue weighted by molar-refractivity contribution is 5.89. The van der Waals surface area contributed by atoms with E-state index in [2.05, 4.69) is 0 Å². The molecule has 17 heavy (non-hydrogen) atoms. The number of hydrogen-bond acceptors (Lipinski definition) is 4. The summed E-state index contributed by atoms with van der Waals surface area (Å²) in [6, 6.07) is 8.52. The largest absolute Gasteiger partial charge is 0.390 e. The second-order valence-electron chi connectivity index (χ2n) is 4.00. The predicted octanol–water partition coefficient (Wildman–Crippen LogP) is 1.16. The summed E-state index contributed by atoms with van der Waals surface area (Å²) in [5.41, 5.74) is 0.425. The van der Waals surface area contributed by atoms with Gasteiger partial charge in [-0.2, -0.15) is 0 Å². The average molecular weight is 239 g/mol. The number of rotatable bonds is 2. The summed E-state index contributed by atoms with van der Waals surface area (Å²) < 4.78 is 13.2. The molecule has 1 aliphatic rings. The number of carbonyl (C=O) groups is 1. The Morgan fingerprint density at radius 1 is 1.41 bits per heavy atom. The van der Waals surface area contributed by atoms with Crippen LogP contribution in [-0.2, 0) is 4.84 Å². The molecule has 0 spiro atoms. The van der Waals surface area contributed by atoms with E-state index in [1.54, 1.807) is 30.3 Å². The van der Waals surface area contributed by atoms with E-state index >= 15 is 0 Å². The van der Waals surface area contributed by atoms with Crippen molar-refractivity contribution < 1.29 is 19.1 Å². The topological polar surface area (TPSA) is 49.8 Å². The van der Waals surface area contributed by atoms with E-state index in [0.29, 0.717) is 12.1 Å². The SMILES string of the molecule is O=C(ON1CC[C@H](O)[C@H](F)C1)c1ccccc1. The molecule has 2 atom stereocenters. The molecule has 1 heterocycles. The van der Waals surface area contributed by atoms with Crippen LogP contribution in [0.25, 0.3) is 0 Å². The van der Waals surface area contributed by atoms with Gasteiger partial charge in [0, 0.05) is 6.54 Å². The maximum atomic E-state index is 13.2. The van der Waals surface area contributed by atoms with Crippen LogP contribution in [0.3, 0.4) is 0 Å². The highest BCUT2D eigenvalue weighted by Crippen LogP contribution is 2.15. The fraction of sp³-hybridized carbons (Fsp3) is 0.417. The zero-order chi connectivity index (χ0) is 12.3. The molecule has 0 bridgehead atoms. The number of hydrogen-bond donors (Lipinski definition) is 1. The molecule has 4 nitrogen and oxygen atoms in total. The molecule has 92 valence electrons. The first kappa shape index (κ1) is 12.0. The molecule has 1 N–H and O–H groups in total. The third-order valence-corrected chi connectivity index (χ3v) is 2.69. The number of halogens is 1. The lowest BCUT2D eigenvalue weighted by Crippen LogP contribution is -2.45. The van der Waals surface area contributed by atoms with Crippen LogP contribution in [-0.4, -0.2) is 41.5 Å². The Morgan fingerprint density at radius 2 is 2.12 bits per heavy atom. The average Bonchev–Trinajstić information content (AvgIpc) is 2.35. The number of alkyl halides is 1. The smallest absolute Gasteiger partial charge is 0.357 e. The minimum absolute atomic E-state index is 0.0836. The molecule has 0 amide bonds. The summed E-state index contributed by atoms with van der Waals surface area (Å²) in [5, 5.41) is 10.5. The second kappa shape index (κ2) is 5.25. The molecule has 0 aliphatic carbocycles. The fourth-order valence-corrected chi connectivity index (χ4v) is 1.69. The van der Waals surface area contributed by atoms with Gasteiger partial charge in [0.05, 0.1) is 18.2 Å². The van der Waals surface area contributed by atoms with Crippen LogP contribution in [0.4, 0.5) is 4.39 Å².